The van der Waals surface area contributed by atoms with Gasteiger partial charge in [-0.2, -0.15) is 4.31 Å². The van der Waals surface area contributed by atoms with Crippen molar-refractivity contribution < 1.29 is 35.9 Å². The summed E-state index contributed by atoms with van der Waals surface area (Å²) in [7, 11) is -0.673. The van der Waals surface area contributed by atoms with E-state index in [0.29, 0.717) is 11.3 Å². The highest BCUT2D eigenvalue weighted by atomic mass is 32.2. The summed E-state index contributed by atoms with van der Waals surface area (Å²) in [4.78, 5) is 30.8. The number of rotatable bonds is 6. The molecule has 3 amide bonds. The number of carbonyl (C=O) groups is 2. The lowest BCUT2D eigenvalue weighted by molar-refractivity contribution is -0.274. The van der Waals surface area contributed by atoms with Gasteiger partial charge in [0.15, 0.2) is 0 Å². The van der Waals surface area contributed by atoms with E-state index in [2.05, 4.69) is 20.4 Å². The molecule has 0 bridgehead atoms. The molecule has 0 atom stereocenters. The van der Waals surface area contributed by atoms with E-state index in [1.807, 2.05) is 13.8 Å². The second-order valence-corrected chi connectivity index (χ2v) is 11.7. The Kier molecular flexibility index (Phi) is 8.18. The van der Waals surface area contributed by atoms with Crippen LogP contribution in [-0.4, -0.2) is 69.6 Å². The normalized spacial score (nSPS) is 17.4. The molecule has 2 aromatic rings. The van der Waals surface area contributed by atoms with Crippen LogP contribution in [-0.2, 0) is 14.8 Å². The van der Waals surface area contributed by atoms with Gasteiger partial charge in [-0.25, -0.2) is 13.2 Å². The Morgan fingerprint density at radius 3 is 2.39 bits per heavy atom. The van der Waals surface area contributed by atoms with Crippen molar-refractivity contribution in [3.63, 3.8) is 0 Å². The zero-order valence-corrected chi connectivity index (χ0v) is 23.7. The minimum atomic E-state index is -4.86. The average Bonchev–Trinajstić information content (AvgIpc) is 3.21. The van der Waals surface area contributed by atoms with Crippen LogP contribution in [0.15, 0.2) is 46.8 Å². The number of benzene rings is 2. The number of urea groups is 1. The monoisotopic (exact) mass is 593 g/mol. The number of nitrogens with one attached hydrogen (secondary N) is 2. The van der Waals surface area contributed by atoms with Gasteiger partial charge >= 0.3 is 12.4 Å². The highest BCUT2D eigenvalue weighted by molar-refractivity contribution is 7.92. The van der Waals surface area contributed by atoms with E-state index in [9.17, 15) is 31.2 Å². The highest BCUT2D eigenvalue weighted by Gasteiger charge is 2.47. The molecule has 0 radical (unpaired) electrons. The lowest BCUT2D eigenvalue weighted by Gasteiger charge is -2.34. The lowest BCUT2D eigenvalue weighted by Crippen LogP contribution is -2.50. The number of nitrogens with zero attached hydrogens (tertiary/aromatic N) is 3. The summed E-state index contributed by atoms with van der Waals surface area (Å²) in [5.41, 5.74) is 1.97. The molecule has 4 rings (SSSR count). The number of anilines is 1. The van der Waals surface area contributed by atoms with Gasteiger partial charge in [0.2, 0.25) is 10.0 Å². The van der Waals surface area contributed by atoms with Crippen molar-refractivity contribution in [1.82, 2.24) is 14.9 Å². The Hall–Kier alpha value is -3.91. The fourth-order valence-corrected chi connectivity index (χ4v) is 6.05. The number of piperidine rings is 1. The second-order valence-electron chi connectivity index (χ2n) is 9.88. The highest BCUT2D eigenvalue weighted by Crippen LogP contribution is 2.33. The number of halogens is 3. The first-order valence-electron chi connectivity index (χ1n) is 12.7. The third-order valence-corrected chi connectivity index (χ3v) is 8.69. The van der Waals surface area contributed by atoms with Gasteiger partial charge in [-0.3, -0.25) is 14.7 Å². The van der Waals surface area contributed by atoms with Crippen LogP contribution in [0.2, 0.25) is 0 Å². The molecule has 1 saturated heterocycles. The molecule has 14 heteroatoms. The number of alkyl halides is 3. The van der Waals surface area contributed by atoms with Gasteiger partial charge in [0.05, 0.1) is 0 Å². The maximum Gasteiger partial charge on any atom is 0.573 e. The Morgan fingerprint density at radius 2 is 1.80 bits per heavy atom. The molecular formula is C27H30F3N5O5S. The van der Waals surface area contributed by atoms with Crippen LogP contribution in [0.1, 0.15) is 35.1 Å². The van der Waals surface area contributed by atoms with Crippen molar-refractivity contribution in [2.24, 2.45) is 4.99 Å². The van der Waals surface area contributed by atoms with Crippen molar-refractivity contribution in [3.05, 3.63) is 64.1 Å². The topological polar surface area (TPSA) is 120 Å². The Labute approximate surface area is 235 Å². The first-order valence-corrected chi connectivity index (χ1v) is 14.2. The number of sulfonamides is 1. The summed E-state index contributed by atoms with van der Waals surface area (Å²) in [6, 6.07) is 8.42. The zero-order chi connectivity index (χ0) is 30.2. The van der Waals surface area contributed by atoms with Crippen LogP contribution in [0, 0.1) is 13.8 Å². The zero-order valence-electron chi connectivity index (χ0n) is 22.9. The van der Waals surface area contributed by atoms with Crippen LogP contribution in [0.4, 0.5) is 23.7 Å². The number of carbonyl (C=O) groups excluding carboxylic acids is 2. The smallest absolute Gasteiger partial charge is 0.406 e. The number of ether oxygens (including phenoxy) is 1. The number of hydrogen-bond donors (Lipinski definition) is 2. The quantitative estimate of drug-likeness (QED) is 0.530. The fraction of sp³-hybridized carbons (Fsp3) is 0.370. The summed E-state index contributed by atoms with van der Waals surface area (Å²) < 4.78 is 69.3. The SMILES string of the molecule is CNC(=O)N(C)c1cc(C)c(C=CS(=O)(=O)N2CCC3(CC2)N=C(c2cccc(OC(F)(F)F)c2)NC3=O)c(C)c1. The first kappa shape index (κ1) is 30.1. The Balaban J connectivity index is 1.47. The molecule has 0 aromatic heterocycles. The van der Waals surface area contributed by atoms with E-state index >= 15 is 0 Å². The van der Waals surface area contributed by atoms with E-state index in [0.717, 1.165) is 28.7 Å². The van der Waals surface area contributed by atoms with Crippen LogP contribution >= 0.6 is 0 Å². The van der Waals surface area contributed by atoms with Crippen molar-refractivity contribution in [1.29, 1.82) is 0 Å². The largest absolute Gasteiger partial charge is 0.573 e. The van der Waals surface area contributed by atoms with E-state index in [-0.39, 0.29) is 43.4 Å². The standard InChI is InChI=1S/C27H30F3N5O5S/c1-17-14-20(34(4)25(37)31-3)15-18(2)22(17)8-13-41(38,39)35-11-9-26(10-12-35)24(36)32-23(33-26)19-6-5-7-21(16-19)40-27(28,29)30/h5-8,13-16H,9-12H2,1-4H3,(H,31,37)(H,32,33,36). The number of hydrogen-bond acceptors (Lipinski definition) is 6. The van der Waals surface area contributed by atoms with E-state index in [1.165, 1.54) is 34.5 Å². The third kappa shape index (κ3) is 6.54. The Morgan fingerprint density at radius 1 is 1.17 bits per heavy atom. The molecule has 41 heavy (non-hydrogen) atoms. The fourth-order valence-electron chi connectivity index (χ4n) is 4.88. The third-order valence-electron chi connectivity index (χ3n) is 7.12. The molecule has 1 spiro atoms. The van der Waals surface area contributed by atoms with E-state index in [1.54, 1.807) is 19.2 Å². The number of amides is 3. The van der Waals surface area contributed by atoms with Gasteiger partial charge in [0.25, 0.3) is 5.91 Å². The minimum absolute atomic E-state index is 0.0297. The lowest BCUT2D eigenvalue weighted by atomic mass is 9.89. The molecule has 10 nitrogen and oxygen atoms in total. The molecule has 2 heterocycles. The molecule has 2 aliphatic rings. The van der Waals surface area contributed by atoms with Crippen molar-refractivity contribution in [2.75, 3.05) is 32.1 Å². The maximum absolute atomic E-state index is 13.1. The molecule has 2 aromatic carbocycles. The molecular weight excluding hydrogens is 563 g/mol. The summed E-state index contributed by atoms with van der Waals surface area (Å²) >= 11 is 0. The molecule has 0 unspecified atom stereocenters. The molecule has 2 N–H and O–H groups in total. The van der Waals surface area contributed by atoms with Crippen LogP contribution < -0.4 is 20.3 Å². The van der Waals surface area contributed by atoms with Gasteiger partial charge in [-0.05, 0) is 73.7 Å². The van der Waals surface area contributed by atoms with Gasteiger partial charge < -0.3 is 15.4 Å². The summed E-state index contributed by atoms with van der Waals surface area (Å²) in [6.07, 6.45) is -3.14. The molecule has 1 fully saturated rings. The molecule has 2 aliphatic heterocycles. The van der Waals surface area contributed by atoms with Crippen molar-refractivity contribution in [2.45, 2.75) is 38.6 Å². The van der Waals surface area contributed by atoms with Crippen molar-refractivity contribution >= 4 is 39.6 Å². The van der Waals surface area contributed by atoms with Crippen LogP contribution in [0.3, 0.4) is 0 Å². The van der Waals surface area contributed by atoms with Crippen molar-refractivity contribution in [3.8, 4) is 5.75 Å². The summed E-state index contributed by atoms with van der Waals surface area (Å²) in [5.74, 6) is -0.773. The summed E-state index contributed by atoms with van der Waals surface area (Å²) in [5, 5.41) is 6.30. The van der Waals surface area contributed by atoms with Gasteiger partial charge in [-0.15, -0.1) is 13.2 Å². The maximum atomic E-state index is 13.1. The number of aryl methyl sites for hydroxylation is 2. The average molecular weight is 594 g/mol. The first-order chi connectivity index (χ1) is 19.1. The predicted molar refractivity (Wildman–Crippen MR) is 148 cm³/mol. The minimum Gasteiger partial charge on any atom is -0.406 e. The van der Waals surface area contributed by atoms with Gasteiger partial charge in [-0.1, -0.05) is 12.1 Å². The van der Waals surface area contributed by atoms with Gasteiger partial charge in [0, 0.05) is 43.8 Å². The summed E-state index contributed by atoms with van der Waals surface area (Å²) in [6.45, 7) is 3.71. The van der Waals surface area contributed by atoms with Crippen LogP contribution in [0.25, 0.3) is 6.08 Å². The molecule has 0 saturated carbocycles. The van der Waals surface area contributed by atoms with E-state index in [4.69, 9.17) is 0 Å². The second kappa shape index (κ2) is 11.2. The molecule has 0 aliphatic carbocycles. The Bertz CT molecular complexity index is 1510. The van der Waals surface area contributed by atoms with Crippen LogP contribution in [0.5, 0.6) is 5.75 Å². The number of amidine groups is 1. The number of aliphatic imine (C=N–C) groups is 1. The predicted octanol–water partition coefficient (Wildman–Crippen LogP) is 3.69. The molecule has 220 valence electrons. The van der Waals surface area contributed by atoms with E-state index < -0.39 is 33.6 Å². The van der Waals surface area contributed by atoms with Gasteiger partial charge in [0.1, 0.15) is 17.1 Å².